The first-order valence-electron chi connectivity index (χ1n) is 9.97. The van der Waals surface area contributed by atoms with E-state index in [-0.39, 0.29) is 5.41 Å². The minimum Gasteiger partial charge on any atom is -0.481 e. The van der Waals surface area contributed by atoms with Crippen molar-refractivity contribution in [1.82, 2.24) is 0 Å². The Kier molecular flexibility index (Phi) is 2.66. The van der Waals surface area contributed by atoms with Gasteiger partial charge in [0, 0.05) is 5.41 Å². The Morgan fingerprint density at radius 3 is 2.73 bits per heavy atom. The second-order valence-corrected chi connectivity index (χ2v) is 9.34. The first-order chi connectivity index (χ1) is 12.6. The Morgan fingerprint density at radius 1 is 1.08 bits per heavy atom. The van der Waals surface area contributed by atoms with Crippen molar-refractivity contribution in [2.75, 3.05) is 0 Å². The van der Waals surface area contributed by atoms with Gasteiger partial charge >= 0.3 is 5.97 Å². The number of carboxylic acids is 1. The van der Waals surface area contributed by atoms with Gasteiger partial charge in [-0.2, -0.15) is 0 Å². The van der Waals surface area contributed by atoms with Gasteiger partial charge in [-0.1, -0.05) is 54.6 Å². The summed E-state index contributed by atoms with van der Waals surface area (Å²) < 4.78 is 0. The van der Waals surface area contributed by atoms with Crippen LogP contribution in [0, 0.1) is 35.0 Å². The summed E-state index contributed by atoms with van der Waals surface area (Å²) in [5.41, 5.74) is 1.11. The highest BCUT2D eigenvalue weighted by atomic mass is 16.4. The average Bonchev–Trinajstić information content (AvgIpc) is 3.39. The average molecular weight is 344 g/mol. The second-order valence-electron chi connectivity index (χ2n) is 9.34. The van der Waals surface area contributed by atoms with Crippen molar-refractivity contribution >= 4 is 16.7 Å². The summed E-state index contributed by atoms with van der Waals surface area (Å²) in [5.74, 6) is 1.85. The van der Waals surface area contributed by atoms with Gasteiger partial charge in [-0.25, -0.2) is 0 Å². The molecule has 1 N–H and O–H groups in total. The van der Waals surface area contributed by atoms with E-state index in [1.54, 1.807) is 0 Å². The van der Waals surface area contributed by atoms with E-state index >= 15 is 0 Å². The Morgan fingerprint density at radius 2 is 1.88 bits per heavy atom. The molecule has 26 heavy (non-hydrogen) atoms. The molecule has 2 nitrogen and oxygen atoms in total. The number of benzene rings is 2. The van der Waals surface area contributed by atoms with Crippen LogP contribution in [0.15, 0.2) is 54.6 Å². The largest absolute Gasteiger partial charge is 0.481 e. The van der Waals surface area contributed by atoms with Crippen molar-refractivity contribution in [3.8, 4) is 0 Å². The first kappa shape index (κ1) is 15.0. The van der Waals surface area contributed by atoms with Crippen LogP contribution in [0.4, 0.5) is 0 Å². The summed E-state index contributed by atoms with van der Waals surface area (Å²) >= 11 is 0. The standard InChI is InChI=1S/C24H24O2/c1-23(22(25)26)13-17-12-20(23)21-15-9-10-16(11-15)24(17,21)19-8-4-6-14-5-2-3-7-18(14)19/h2-10,15-17,20-21H,11-13H2,1H3,(H,25,26). The van der Waals surface area contributed by atoms with E-state index in [9.17, 15) is 9.90 Å². The zero-order valence-corrected chi connectivity index (χ0v) is 15.1. The third kappa shape index (κ3) is 1.46. The predicted octanol–water partition coefficient (Wildman–Crippen LogP) is 5.03. The molecule has 0 aliphatic heterocycles. The summed E-state index contributed by atoms with van der Waals surface area (Å²) in [7, 11) is 0. The third-order valence-electron chi connectivity index (χ3n) is 8.62. The molecule has 0 heterocycles. The topological polar surface area (TPSA) is 37.3 Å². The summed E-state index contributed by atoms with van der Waals surface area (Å²) in [6.45, 7) is 2.02. The van der Waals surface area contributed by atoms with Crippen molar-refractivity contribution in [1.29, 1.82) is 0 Å². The van der Waals surface area contributed by atoms with E-state index in [0.717, 1.165) is 12.8 Å². The molecule has 0 amide bonds. The molecule has 4 aliphatic carbocycles. The second kappa shape index (κ2) is 4.60. The fraction of sp³-hybridized carbons (Fsp3) is 0.458. The van der Waals surface area contributed by atoms with Crippen LogP contribution >= 0.6 is 0 Å². The molecule has 132 valence electrons. The van der Waals surface area contributed by atoms with Gasteiger partial charge in [0.2, 0.25) is 0 Å². The van der Waals surface area contributed by atoms with Crippen LogP contribution in [-0.4, -0.2) is 11.1 Å². The van der Waals surface area contributed by atoms with Gasteiger partial charge in [0.05, 0.1) is 5.41 Å². The minimum absolute atomic E-state index is 0.153. The molecular formula is C24H24O2. The van der Waals surface area contributed by atoms with Gasteiger partial charge in [0.15, 0.2) is 0 Å². The number of allylic oxidation sites excluding steroid dienone is 2. The monoisotopic (exact) mass is 344 g/mol. The summed E-state index contributed by atoms with van der Waals surface area (Å²) in [4.78, 5) is 12.1. The summed E-state index contributed by atoms with van der Waals surface area (Å²) in [5, 5.41) is 12.7. The van der Waals surface area contributed by atoms with Crippen LogP contribution in [0.25, 0.3) is 10.8 Å². The van der Waals surface area contributed by atoms with E-state index < -0.39 is 11.4 Å². The molecule has 0 saturated heterocycles. The Bertz CT molecular complexity index is 970. The number of hydrogen-bond donors (Lipinski definition) is 1. The molecule has 7 atom stereocenters. The van der Waals surface area contributed by atoms with Gasteiger partial charge in [-0.3, -0.25) is 4.79 Å². The molecule has 0 aromatic heterocycles. The molecular weight excluding hydrogens is 320 g/mol. The molecule has 7 unspecified atom stereocenters. The molecule has 0 radical (unpaired) electrons. The van der Waals surface area contributed by atoms with E-state index in [1.165, 1.54) is 22.8 Å². The highest BCUT2D eigenvalue weighted by molar-refractivity contribution is 5.87. The van der Waals surface area contributed by atoms with Gasteiger partial charge < -0.3 is 5.11 Å². The van der Waals surface area contributed by atoms with E-state index in [0.29, 0.717) is 29.6 Å². The fourth-order valence-electron chi connectivity index (χ4n) is 7.82. The van der Waals surface area contributed by atoms with Crippen LogP contribution < -0.4 is 0 Å². The van der Waals surface area contributed by atoms with Crippen LogP contribution in [-0.2, 0) is 10.2 Å². The summed E-state index contributed by atoms with van der Waals surface area (Å²) in [6, 6.07) is 15.5. The highest BCUT2D eigenvalue weighted by Gasteiger charge is 2.74. The highest BCUT2D eigenvalue weighted by Crippen LogP contribution is 2.76. The molecule has 6 rings (SSSR count). The maximum absolute atomic E-state index is 12.1. The molecule has 3 saturated carbocycles. The van der Waals surface area contributed by atoms with Crippen LogP contribution in [0.2, 0.25) is 0 Å². The fourth-order valence-corrected chi connectivity index (χ4v) is 7.82. The summed E-state index contributed by atoms with van der Waals surface area (Å²) in [6.07, 6.45) is 8.01. The molecule has 4 bridgehead atoms. The molecule has 2 aromatic carbocycles. The quantitative estimate of drug-likeness (QED) is 0.613. The lowest BCUT2D eigenvalue weighted by atomic mass is 9.52. The SMILES string of the molecule is CC1(C(=O)O)CC2CC1C1C3C=CC(C3)C21c1cccc2ccccc12. The maximum Gasteiger partial charge on any atom is 0.309 e. The Hall–Kier alpha value is -2.09. The molecule has 3 fully saturated rings. The van der Waals surface area contributed by atoms with Gasteiger partial charge in [0.1, 0.15) is 0 Å². The van der Waals surface area contributed by atoms with Gasteiger partial charge in [-0.15, -0.1) is 0 Å². The van der Waals surface area contributed by atoms with E-state index in [4.69, 9.17) is 0 Å². The van der Waals surface area contributed by atoms with Crippen molar-refractivity contribution in [2.45, 2.75) is 31.6 Å². The lowest BCUT2D eigenvalue weighted by Crippen LogP contribution is -2.51. The van der Waals surface area contributed by atoms with Crippen molar-refractivity contribution in [3.05, 3.63) is 60.2 Å². The lowest BCUT2D eigenvalue weighted by molar-refractivity contribution is -0.154. The van der Waals surface area contributed by atoms with Crippen molar-refractivity contribution in [2.24, 2.45) is 35.0 Å². The normalized spacial score (nSPS) is 44.7. The van der Waals surface area contributed by atoms with Gasteiger partial charge in [-0.05, 0) is 72.1 Å². The lowest BCUT2D eigenvalue weighted by Gasteiger charge is -2.50. The van der Waals surface area contributed by atoms with Crippen LogP contribution in [0.1, 0.15) is 31.7 Å². The first-order valence-corrected chi connectivity index (χ1v) is 9.97. The third-order valence-corrected chi connectivity index (χ3v) is 8.62. The number of carboxylic acid groups (broad SMARTS) is 1. The van der Waals surface area contributed by atoms with E-state index in [2.05, 4.69) is 54.6 Å². The van der Waals surface area contributed by atoms with Crippen LogP contribution in [0.5, 0.6) is 0 Å². The van der Waals surface area contributed by atoms with E-state index in [1.807, 2.05) is 6.92 Å². The predicted molar refractivity (Wildman–Crippen MR) is 102 cm³/mol. The number of carbonyl (C=O) groups is 1. The maximum atomic E-state index is 12.1. The van der Waals surface area contributed by atoms with Crippen LogP contribution in [0.3, 0.4) is 0 Å². The molecule has 0 spiro atoms. The van der Waals surface area contributed by atoms with Gasteiger partial charge in [0.25, 0.3) is 0 Å². The zero-order valence-electron chi connectivity index (χ0n) is 15.1. The molecule has 2 aromatic rings. The smallest absolute Gasteiger partial charge is 0.309 e. The number of aliphatic carboxylic acids is 1. The van der Waals surface area contributed by atoms with Crippen molar-refractivity contribution in [3.63, 3.8) is 0 Å². The number of fused-ring (bicyclic) bond motifs is 10. The Labute approximate surface area is 153 Å². The Balaban J connectivity index is 1.62. The number of rotatable bonds is 2. The van der Waals surface area contributed by atoms with Crippen molar-refractivity contribution < 1.29 is 9.90 Å². The minimum atomic E-state index is -0.580. The zero-order chi connectivity index (χ0) is 17.7. The molecule has 4 aliphatic rings. The molecule has 2 heteroatoms. The number of hydrogen-bond acceptors (Lipinski definition) is 1.